The van der Waals surface area contributed by atoms with Crippen molar-refractivity contribution in [1.29, 1.82) is 0 Å². The molecule has 180 valence electrons. The summed E-state index contributed by atoms with van der Waals surface area (Å²) < 4.78 is 22.1. The predicted octanol–water partition coefficient (Wildman–Crippen LogP) is 7.23. The molecule has 1 aliphatic carbocycles. The number of fused-ring (bicyclic) bond motifs is 3. The van der Waals surface area contributed by atoms with Crippen molar-refractivity contribution in [3.8, 4) is 11.4 Å². The summed E-state index contributed by atoms with van der Waals surface area (Å²) in [5.74, 6) is -0.0667. The topological polar surface area (TPSA) is 60.1 Å². The maximum absolute atomic E-state index is 14.6. The fraction of sp³-hybridized carbons (Fsp3) is 0.200. The highest BCUT2D eigenvalue weighted by molar-refractivity contribution is 6.05. The quantitative estimate of drug-likeness (QED) is 0.261. The largest absolute Gasteiger partial charge is 0.456 e. The highest BCUT2D eigenvalue weighted by Gasteiger charge is 2.18. The van der Waals surface area contributed by atoms with Crippen molar-refractivity contribution in [1.82, 2.24) is 9.55 Å². The van der Waals surface area contributed by atoms with Crippen LogP contribution in [0.5, 0.6) is 0 Å². The Morgan fingerprint density at radius 3 is 2.64 bits per heavy atom. The van der Waals surface area contributed by atoms with Crippen LogP contribution < -0.4 is 10.9 Å². The van der Waals surface area contributed by atoms with Crippen molar-refractivity contribution in [2.24, 2.45) is 0 Å². The first-order valence-electron chi connectivity index (χ1n) is 12.3. The summed E-state index contributed by atoms with van der Waals surface area (Å²) in [7, 11) is 0. The van der Waals surface area contributed by atoms with Crippen LogP contribution >= 0.6 is 0 Å². The zero-order valence-corrected chi connectivity index (χ0v) is 20.0. The van der Waals surface area contributed by atoms with Gasteiger partial charge in [0.25, 0.3) is 5.56 Å². The summed E-state index contributed by atoms with van der Waals surface area (Å²) in [4.78, 5) is 18.1. The average molecular weight is 480 g/mol. The standard InChI is InChI=1S/C30H26FN3O2/c1-19(21-13-14-28-24(17-21)22-9-3-5-12-27(22)36-28)33-26-18-32-29(23-10-2-4-11-25(23)31)34(30(26)35)16-15-20-7-6-8-20/h2-5,9-15,17-19,33H,6-8,16H2,1H3. The van der Waals surface area contributed by atoms with Gasteiger partial charge in [0.15, 0.2) is 0 Å². The van der Waals surface area contributed by atoms with Crippen molar-refractivity contribution in [2.75, 3.05) is 5.32 Å². The van der Waals surface area contributed by atoms with E-state index >= 15 is 0 Å². The minimum atomic E-state index is -0.399. The molecule has 0 aliphatic heterocycles. The second-order valence-corrected chi connectivity index (χ2v) is 9.33. The molecule has 0 bridgehead atoms. The lowest BCUT2D eigenvalue weighted by molar-refractivity contribution is 0.623. The van der Waals surface area contributed by atoms with E-state index in [4.69, 9.17) is 4.42 Å². The summed E-state index contributed by atoms with van der Waals surface area (Å²) in [5, 5.41) is 5.44. The highest BCUT2D eigenvalue weighted by Crippen LogP contribution is 2.31. The van der Waals surface area contributed by atoms with Gasteiger partial charge in [-0.1, -0.05) is 48.0 Å². The molecule has 1 fully saturated rings. The first-order chi connectivity index (χ1) is 17.6. The third kappa shape index (κ3) is 3.98. The van der Waals surface area contributed by atoms with E-state index < -0.39 is 5.82 Å². The first-order valence-corrected chi connectivity index (χ1v) is 12.3. The van der Waals surface area contributed by atoms with E-state index in [-0.39, 0.29) is 11.6 Å². The first kappa shape index (κ1) is 22.3. The smallest absolute Gasteiger partial charge is 0.277 e. The average Bonchev–Trinajstić information content (AvgIpc) is 3.23. The highest BCUT2D eigenvalue weighted by atomic mass is 19.1. The van der Waals surface area contributed by atoms with Gasteiger partial charge < -0.3 is 9.73 Å². The molecule has 1 unspecified atom stereocenters. The van der Waals surface area contributed by atoms with E-state index in [2.05, 4.69) is 22.4 Å². The van der Waals surface area contributed by atoms with Crippen LogP contribution in [0.3, 0.4) is 0 Å². The molecule has 5 nitrogen and oxygen atoms in total. The molecule has 3 aromatic carbocycles. The second-order valence-electron chi connectivity index (χ2n) is 9.33. The fourth-order valence-electron chi connectivity index (χ4n) is 4.75. The van der Waals surface area contributed by atoms with Crippen molar-refractivity contribution in [3.63, 3.8) is 0 Å². The Labute approximate surface area is 207 Å². The molecule has 36 heavy (non-hydrogen) atoms. The Morgan fingerprint density at radius 2 is 1.83 bits per heavy atom. The molecule has 6 rings (SSSR count). The number of anilines is 1. The molecule has 0 radical (unpaired) electrons. The van der Waals surface area contributed by atoms with E-state index in [1.54, 1.807) is 22.8 Å². The Morgan fingerprint density at radius 1 is 1.06 bits per heavy atom. The molecule has 1 N–H and O–H groups in total. The number of hydrogen-bond acceptors (Lipinski definition) is 4. The Hall–Kier alpha value is -4.19. The third-order valence-electron chi connectivity index (χ3n) is 6.99. The maximum Gasteiger partial charge on any atom is 0.277 e. The number of hydrogen-bond donors (Lipinski definition) is 1. The molecular formula is C30H26FN3O2. The zero-order chi connectivity index (χ0) is 24.6. The van der Waals surface area contributed by atoms with Crippen molar-refractivity contribution < 1.29 is 8.81 Å². The Kier molecular flexibility index (Phi) is 5.64. The Balaban J connectivity index is 1.36. The summed E-state index contributed by atoms with van der Waals surface area (Å²) in [6.45, 7) is 2.37. The summed E-state index contributed by atoms with van der Waals surface area (Å²) in [6.07, 6.45) is 6.87. The summed E-state index contributed by atoms with van der Waals surface area (Å²) in [6, 6.07) is 20.3. The van der Waals surface area contributed by atoms with Gasteiger partial charge in [0.1, 0.15) is 28.5 Å². The molecule has 1 atom stereocenters. The summed E-state index contributed by atoms with van der Waals surface area (Å²) >= 11 is 0. The van der Waals surface area contributed by atoms with Gasteiger partial charge in [-0.3, -0.25) is 9.36 Å². The van der Waals surface area contributed by atoms with Crippen LogP contribution in [0.1, 0.15) is 37.8 Å². The van der Waals surface area contributed by atoms with E-state index in [1.165, 1.54) is 24.3 Å². The van der Waals surface area contributed by atoms with Gasteiger partial charge in [0.05, 0.1) is 11.8 Å². The van der Waals surface area contributed by atoms with Crippen LogP contribution in [0.2, 0.25) is 0 Å². The van der Waals surface area contributed by atoms with Gasteiger partial charge in [-0.15, -0.1) is 0 Å². The number of allylic oxidation sites excluding steroid dienone is 2. The molecule has 6 heteroatoms. The maximum atomic E-state index is 14.6. The van der Waals surface area contributed by atoms with Crippen LogP contribution in [-0.4, -0.2) is 9.55 Å². The van der Waals surface area contributed by atoms with Crippen LogP contribution in [0.25, 0.3) is 33.3 Å². The number of furan rings is 1. The number of nitrogens with zero attached hydrogens (tertiary/aromatic N) is 2. The normalized spacial score (nSPS) is 14.1. The van der Waals surface area contributed by atoms with Crippen molar-refractivity contribution in [2.45, 2.75) is 38.8 Å². The van der Waals surface area contributed by atoms with Gasteiger partial charge in [0.2, 0.25) is 0 Å². The zero-order valence-electron chi connectivity index (χ0n) is 20.0. The molecule has 2 aromatic heterocycles. The predicted molar refractivity (Wildman–Crippen MR) is 142 cm³/mol. The van der Waals surface area contributed by atoms with Crippen LogP contribution in [0.4, 0.5) is 10.1 Å². The van der Waals surface area contributed by atoms with E-state index in [0.29, 0.717) is 23.6 Å². The fourth-order valence-corrected chi connectivity index (χ4v) is 4.75. The Bertz CT molecular complexity index is 1680. The lowest BCUT2D eigenvalue weighted by atomic mass is 9.92. The van der Waals surface area contributed by atoms with Crippen LogP contribution in [0.15, 0.2) is 93.8 Å². The molecule has 0 amide bonds. The summed E-state index contributed by atoms with van der Waals surface area (Å²) in [5.41, 5.74) is 4.51. The van der Waals surface area contributed by atoms with Crippen molar-refractivity contribution >= 4 is 27.6 Å². The number of para-hydroxylation sites is 1. The molecule has 0 saturated heterocycles. The van der Waals surface area contributed by atoms with E-state index in [9.17, 15) is 9.18 Å². The van der Waals surface area contributed by atoms with Gasteiger partial charge in [-0.25, -0.2) is 9.37 Å². The monoisotopic (exact) mass is 479 g/mol. The molecule has 1 aliphatic rings. The number of halogens is 1. The third-order valence-corrected chi connectivity index (χ3v) is 6.99. The minimum absolute atomic E-state index is 0.157. The van der Waals surface area contributed by atoms with Gasteiger partial charge in [-0.2, -0.15) is 0 Å². The van der Waals surface area contributed by atoms with Gasteiger partial charge >= 0.3 is 0 Å². The number of benzene rings is 3. The lowest BCUT2D eigenvalue weighted by Crippen LogP contribution is -2.27. The van der Waals surface area contributed by atoms with Gasteiger partial charge in [0, 0.05) is 23.4 Å². The van der Waals surface area contributed by atoms with Crippen LogP contribution in [0, 0.1) is 5.82 Å². The molecule has 5 aromatic rings. The number of nitrogens with one attached hydrogen (secondary N) is 1. The number of aromatic nitrogens is 2. The molecule has 0 spiro atoms. The molecule has 1 saturated carbocycles. The second kappa shape index (κ2) is 9.11. The number of rotatable bonds is 6. The SMILES string of the molecule is CC(Nc1cnc(-c2ccccc2F)n(CC=C2CCC2)c1=O)c1ccc2oc3ccccc3c2c1. The van der Waals surface area contributed by atoms with Crippen LogP contribution in [-0.2, 0) is 6.54 Å². The molecule has 2 heterocycles. The van der Waals surface area contributed by atoms with E-state index in [0.717, 1.165) is 40.3 Å². The lowest BCUT2D eigenvalue weighted by Gasteiger charge is -2.19. The molecular weight excluding hydrogens is 453 g/mol. The minimum Gasteiger partial charge on any atom is -0.456 e. The van der Waals surface area contributed by atoms with Gasteiger partial charge in [-0.05, 0) is 62.1 Å². The van der Waals surface area contributed by atoms with E-state index in [1.807, 2.05) is 43.3 Å². The van der Waals surface area contributed by atoms with Crippen molar-refractivity contribution in [3.05, 3.63) is 106 Å².